The molecule has 2 atom stereocenters. The molecule has 3 aromatic rings. The van der Waals surface area contributed by atoms with Gasteiger partial charge >= 0.3 is 0 Å². The maximum atomic E-state index is 13.3. The van der Waals surface area contributed by atoms with Crippen LogP contribution in [0.3, 0.4) is 0 Å². The quantitative estimate of drug-likeness (QED) is 0.377. The lowest BCUT2D eigenvalue weighted by atomic mass is 10.1. The van der Waals surface area contributed by atoms with Crippen molar-refractivity contribution in [3.63, 3.8) is 0 Å². The Bertz CT molecular complexity index is 1080. The van der Waals surface area contributed by atoms with E-state index >= 15 is 0 Å². The minimum Gasteiger partial charge on any atom is -0.406 e. The molecule has 1 aliphatic rings. The molecule has 35 heavy (non-hydrogen) atoms. The molecule has 0 aliphatic carbocycles. The van der Waals surface area contributed by atoms with E-state index in [0.717, 1.165) is 12.8 Å². The van der Waals surface area contributed by atoms with E-state index in [-0.39, 0.29) is 35.4 Å². The fraction of sp³-hybridized carbons (Fsp3) is 0.345. The first-order valence-electron chi connectivity index (χ1n) is 12.3. The number of nitrogens with zero attached hydrogens (tertiary/aromatic N) is 1. The lowest BCUT2D eigenvalue weighted by Gasteiger charge is -2.44. The summed E-state index contributed by atoms with van der Waals surface area (Å²) in [6.45, 7) is 7.47. The van der Waals surface area contributed by atoms with Crippen LogP contribution < -0.4 is 16.1 Å². The topological polar surface area (TPSA) is 55.6 Å². The van der Waals surface area contributed by atoms with Gasteiger partial charge in [0.05, 0.1) is 19.3 Å². The molecule has 0 saturated carbocycles. The third kappa shape index (κ3) is 5.31. The molecule has 4 rings (SSSR count). The van der Waals surface area contributed by atoms with Crippen molar-refractivity contribution >= 4 is 24.5 Å². The number of hydrogen-bond acceptors (Lipinski definition) is 4. The SMILES string of the molecule is CC(C)(C)[Si](OCC1CC[C@H](N)N1CC(=O)c1ccc(F)cc1)(c1ccccc1)c1ccccc1. The van der Waals surface area contributed by atoms with Gasteiger partial charge in [0.15, 0.2) is 5.78 Å². The van der Waals surface area contributed by atoms with E-state index in [1.54, 1.807) is 0 Å². The van der Waals surface area contributed by atoms with E-state index in [1.807, 2.05) is 12.1 Å². The Labute approximate surface area is 209 Å². The van der Waals surface area contributed by atoms with Crippen molar-refractivity contribution in [2.24, 2.45) is 5.73 Å². The molecule has 0 aromatic heterocycles. The van der Waals surface area contributed by atoms with Gasteiger partial charge in [0.1, 0.15) is 5.82 Å². The fourth-order valence-electron chi connectivity index (χ4n) is 5.27. The summed E-state index contributed by atoms with van der Waals surface area (Å²) in [6, 6.07) is 26.9. The summed E-state index contributed by atoms with van der Waals surface area (Å²) in [5.41, 5.74) is 6.93. The molecule has 1 fully saturated rings. The average Bonchev–Trinajstić information content (AvgIpc) is 3.19. The molecule has 184 valence electrons. The zero-order chi connectivity index (χ0) is 25.1. The molecule has 3 aromatic carbocycles. The number of carbonyl (C=O) groups excluding carboxylic acids is 1. The van der Waals surface area contributed by atoms with Crippen LogP contribution in [0.1, 0.15) is 44.0 Å². The molecule has 1 unspecified atom stereocenters. The van der Waals surface area contributed by atoms with Crippen LogP contribution in [0.15, 0.2) is 84.9 Å². The minimum absolute atomic E-state index is 0.0380. The van der Waals surface area contributed by atoms with Gasteiger partial charge in [-0.1, -0.05) is 81.4 Å². The van der Waals surface area contributed by atoms with Crippen molar-refractivity contribution in [2.45, 2.75) is 50.9 Å². The second-order valence-corrected chi connectivity index (χ2v) is 14.7. The molecule has 6 heteroatoms. The third-order valence-corrected chi connectivity index (χ3v) is 12.1. The Morgan fingerprint density at radius 2 is 1.49 bits per heavy atom. The number of ketones is 1. The largest absolute Gasteiger partial charge is 0.406 e. The van der Waals surface area contributed by atoms with Crippen molar-refractivity contribution < 1.29 is 13.6 Å². The number of nitrogens with two attached hydrogens (primary N) is 1. The fourth-order valence-corrected chi connectivity index (χ4v) is 9.86. The van der Waals surface area contributed by atoms with E-state index in [0.29, 0.717) is 12.2 Å². The van der Waals surface area contributed by atoms with Crippen molar-refractivity contribution in [1.82, 2.24) is 4.90 Å². The van der Waals surface area contributed by atoms with Gasteiger partial charge in [0.25, 0.3) is 8.32 Å². The Kier molecular flexibility index (Phi) is 7.67. The molecular weight excluding hydrogens is 455 g/mol. The summed E-state index contributed by atoms with van der Waals surface area (Å²) in [6.07, 6.45) is 1.48. The number of rotatable bonds is 8. The van der Waals surface area contributed by atoms with Gasteiger partial charge in [-0.2, -0.15) is 0 Å². The van der Waals surface area contributed by atoms with Crippen molar-refractivity contribution in [3.8, 4) is 0 Å². The van der Waals surface area contributed by atoms with Crippen molar-refractivity contribution in [3.05, 3.63) is 96.3 Å². The maximum absolute atomic E-state index is 13.3. The molecule has 1 aliphatic heterocycles. The summed E-state index contributed by atoms with van der Waals surface area (Å²) < 4.78 is 20.4. The number of likely N-dealkylation sites (tertiary alicyclic amines) is 1. The second kappa shape index (κ2) is 10.5. The molecule has 0 radical (unpaired) electrons. The predicted octanol–water partition coefficient (Wildman–Crippen LogP) is 4.33. The number of benzene rings is 3. The first-order chi connectivity index (χ1) is 16.7. The van der Waals surface area contributed by atoms with Crippen molar-refractivity contribution in [1.29, 1.82) is 0 Å². The molecule has 0 amide bonds. The molecule has 0 bridgehead atoms. The van der Waals surface area contributed by atoms with Crippen LogP contribution in [0.4, 0.5) is 4.39 Å². The molecule has 0 spiro atoms. The van der Waals surface area contributed by atoms with Crippen LogP contribution in [0, 0.1) is 5.82 Å². The van der Waals surface area contributed by atoms with E-state index < -0.39 is 8.32 Å². The number of carbonyl (C=O) groups is 1. The van der Waals surface area contributed by atoms with Crippen LogP contribution in [0.2, 0.25) is 5.04 Å². The molecule has 1 heterocycles. The van der Waals surface area contributed by atoms with Gasteiger partial charge in [-0.3, -0.25) is 9.69 Å². The van der Waals surface area contributed by atoms with Crippen LogP contribution in [-0.2, 0) is 4.43 Å². The highest BCUT2D eigenvalue weighted by molar-refractivity contribution is 6.99. The highest BCUT2D eigenvalue weighted by Gasteiger charge is 2.51. The summed E-state index contributed by atoms with van der Waals surface area (Å²) >= 11 is 0. The second-order valence-electron chi connectivity index (χ2n) is 10.4. The zero-order valence-corrected chi connectivity index (χ0v) is 21.8. The molecule has 2 N–H and O–H groups in total. The first kappa shape index (κ1) is 25.4. The standard InChI is InChI=1S/C29H35FN2O2Si/c1-29(2,3)35(25-10-6-4-7-11-25,26-12-8-5-9-13-26)34-21-24-18-19-28(31)32(24)20-27(33)22-14-16-23(30)17-15-22/h4-17,24,28H,18-21,31H2,1-3H3/t24?,28-/m1/s1. The van der Waals surface area contributed by atoms with E-state index in [9.17, 15) is 9.18 Å². The van der Waals surface area contributed by atoms with E-state index in [1.165, 1.54) is 34.6 Å². The van der Waals surface area contributed by atoms with Crippen LogP contribution in [0.5, 0.6) is 0 Å². The Morgan fingerprint density at radius 1 is 0.943 bits per heavy atom. The van der Waals surface area contributed by atoms with Crippen LogP contribution in [0.25, 0.3) is 0 Å². The normalized spacial score (nSPS) is 19.1. The van der Waals surface area contributed by atoms with Gasteiger partial charge < -0.3 is 10.2 Å². The van der Waals surface area contributed by atoms with Crippen LogP contribution in [-0.4, -0.2) is 44.4 Å². The summed E-state index contributed by atoms with van der Waals surface area (Å²) in [7, 11) is -2.67. The Hall–Kier alpha value is -2.64. The van der Waals surface area contributed by atoms with Gasteiger partial charge in [-0.25, -0.2) is 4.39 Å². The molecular formula is C29H35FN2O2Si. The average molecular weight is 491 g/mol. The monoisotopic (exact) mass is 490 g/mol. The Morgan fingerprint density at radius 3 is 2.00 bits per heavy atom. The molecule has 1 saturated heterocycles. The molecule has 4 nitrogen and oxygen atoms in total. The highest BCUT2D eigenvalue weighted by Crippen LogP contribution is 2.37. The van der Waals surface area contributed by atoms with Crippen LogP contribution >= 0.6 is 0 Å². The summed E-state index contributed by atoms with van der Waals surface area (Å²) in [4.78, 5) is 15.0. The lowest BCUT2D eigenvalue weighted by Crippen LogP contribution is -2.67. The lowest BCUT2D eigenvalue weighted by molar-refractivity contribution is 0.0839. The van der Waals surface area contributed by atoms with E-state index in [4.69, 9.17) is 10.2 Å². The maximum Gasteiger partial charge on any atom is 0.261 e. The minimum atomic E-state index is -2.67. The number of Topliss-reactive ketones (excluding diaryl/α,β-unsaturated/α-hetero) is 1. The summed E-state index contributed by atoms with van der Waals surface area (Å²) in [5.74, 6) is -0.409. The highest BCUT2D eigenvalue weighted by atomic mass is 28.4. The number of hydrogen-bond donors (Lipinski definition) is 1. The zero-order valence-electron chi connectivity index (χ0n) is 20.8. The number of halogens is 1. The van der Waals surface area contributed by atoms with Gasteiger partial charge in [-0.15, -0.1) is 0 Å². The third-order valence-electron chi connectivity index (χ3n) is 7.09. The first-order valence-corrected chi connectivity index (χ1v) is 14.2. The van der Waals surface area contributed by atoms with Crippen molar-refractivity contribution in [2.75, 3.05) is 13.2 Å². The smallest absolute Gasteiger partial charge is 0.261 e. The van der Waals surface area contributed by atoms with E-state index in [2.05, 4.69) is 74.2 Å². The Balaban J connectivity index is 1.61. The van der Waals surface area contributed by atoms with Gasteiger partial charge in [-0.05, 0) is 52.5 Å². The predicted molar refractivity (Wildman–Crippen MR) is 142 cm³/mol. The van der Waals surface area contributed by atoms with Gasteiger partial charge in [0.2, 0.25) is 0 Å². The van der Waals surface area contributed by atoms with Gasteiger partial charge in [0, 0.05) is 11.6 Å². The summed E-state index contributed by atoms with van der Waals surface area (Å²) in [5, 5.41) is 2.34.